The predicted octanol–water partition coefficient (Wildman–Crippen LogP) is 5.82. The third kappa shape index (κ3) is 4.50. The number of anilines is 2. The van der Waals surface area contributed by atoms with Gasteiger partial charge in [-0.2, -0.15) is 0 Å². The molecule has 0 aliphatic carbocycles. The molecular formula is C26H24N2O3S. The van der Waals surface area contributed by atoms with Crippen molar-refractivity contribution in [3.63, 3.8) is 0 Å². The van der Waals surface area contributed by atoms with Crippen molar-refractivity contribution in [2.45, 2.75) is 25.7 Å². The van der Waals surface area contributed by atoms with Crippen LogP contribution in [0.5, 0.6) is 0 Å². The monoisotopic (exact) mass is 444 g/mol. The summed E-state index contributed by atoms with van der Waals surface area (Å²) in [6.07, 6.45) is 0. The summed E-state index contributed by atoms with van der Waals surface area (Å²) in [5.41, 5.74) is 4.03. The first kappa shape index (κ1) is 21.6. The number of carbonyl (C=O) groups is 1. The van der Waals surface area contributed by atoms with Crippen molar-refractivity contribution in [2.75, 3.05) is 10.0 Å². The van der Waals surface area contributed by atoms with Gasteiger partial charge in [-0.15, -0.1) is 0 Å². The van der Waals surface area contributed by atoms with Crippen molar-refractivity contribution in [3.8, 4) is 0 Å². The Balaban J connectivity index is 1.60. The fourth-order valence-corrected chi connectivity index (χ4v) is 4.84. The first-order valence-electron chi connectivity index (χ1n) is 10.2. The highest BCUT2D eigenvalue weighted by molar-refractivity contribution is 7.92. The molecule has 6 heteroatoms. The highest BCUT2D eigenvalue weighted by Crippen LogP contribution is 2.24. The molecule has 32 heavy (non-hydrogen) atoms. The molecular weight excluding hydrogens is 420 g/mol. The number of benzene rings is 4. The summed E-state index contributed by atoms with van der Waals surface area (Å²) in [4.78, 5) is 12.9. The molecule has 162 valence electrons. The number of fused-ring (bicyclic) bond motifs is 1. The normalized spacial score (nSPS) is 11.3. The van der Waals surface area contributed by atoms with Crippen LogP contribution in [0.4, 0.5) is 11.4 Å². The summed E-state index contributed by atoms with van der Waals surface area (Å²) >= 11 is 0. The zero-order valence-electron chi connectivity index (χ0n) is 18.1. The molecule has 0 unspecified atom stereocenters. The molecule has 4 aromatic carbocycles. The number of aryl methyl sites for hydroxylation is 3. The quantitative estimate of drug-likeness (QED) is 0.407. The van der Waals surface area contributed by atoms with Gasteiger partial charge in [0.25, 0.3) is 15.9 Å². The second-order valence-corrected chi connectivity index (χ2v) is 9.55. The number of carbonyl (C=O) groups excluding carboxylic acids is 1. The number of nitrogens with one attached hydrogen (secondary N) is 2. The van der Waals surface area contributed by atoms with E-state index in [1.807, 2.05) is 62.4 Å². The van der Waals surface area contributed by atoms with Gasteiger partial charge in [-0.1, -0.05) is 42.5 Å². The van der Waals surface area contributed by atoms with Crippen LogP contribution in [0.1, 0.15) is 27.0 Å². The zero-order valence-corrected chi connectivity index (χ0v) is 19.0. The van der Waals surface area contributed by atoms with Gasteiger partial charge in [0.2, 0.25) is 0 Å². The lowest BCUT2D eigenvalue weighted by molar-refractivity contribution is 0.102. The lowest BCUT2D eigenvalue weighted by Crippen LogP contribution is -2.17. The highest BCUT2D eigenvalue weighted by Gasteiger charge is 2.20. The second-order valence-electron chi connectivity index (χ2n) is 7.90. The standard InChI is InChI=1S/C26H24N2O3S/c1-17-9-12-24(14-19(17)3)28-32(30,31)25-16-22(10-8-18(25)2)26(29)27-23-13-11-20-6-4-5-7-21(20)15-23/h4-16,28H,1-3H3,(H,27,29). The smallest absolute Gasteiger partial charge is 0.262 e. The topological polar surface area (TPSA) is 75.3 Å². The molecule has 4 aromatic rings. The Morgan fingerprint density at radius 2 is 1.38 bits per heavy atom. The maximum absolute atomic E-state index is 13.1. The van der Waals surface area contributed by atoms with E-state index in [0.717, 1.165) is 21.9 Å². The highest BCUT2D eigenvalue weighted by atomic mass is 32.2. The number of rotatable bonds is 5. The van der Waals surface area contributed by atoms with E-state index in [0.29, 0.717) is 16.9 Å². The van der Waals surface area contributed by atoms with E-state index in [1.165, 1.54) is 6.07 Å². The molecule has 2 N–H and O–H groups in total. The molecule has 0 aliphatic heterocycles. The minimum Gasteiger partial charge on any atom is -0.322 e. The van der Waals surface area contributed by atoms with Crippen molar-refractivity contribution in [3.05, 3.63) is 101 Å². The van der Waals surface area contributed by atoms with Gasteiger partial charge in [-0.05, 0) is 84.6 Å². The van der Waals surface area contributed by atoms with Crippen LogP contribution in [-0.4, -0.2) is 14.3 Å². The Hall–Kier alpha value is -3.64. The van der Waals surface area contributed by atoms with E-state index in [-0.39, 0.29) is 16.4 Å². The molecule has 1 amide bonds. The van der Waals surface area contributed by atoms with Crippen LogP contribution < -0.4 is 10.0 Å². The molecule has 0 fully saturated rings. The van der Waals surface area contributed by atoms with Gasteiger partial charge in [0.05, 0.1) is 4.90 Å². The average Bonchev–Trinajstić information content (AvgIpc) is 2.76. The summed E-state index contributed by atoms with van der Waals surface area (Å²) in [5.74, 6) is -0.372. The van der Waals surface area contributed by atoms with Crippen molar-refractivity contribution in [1.82, 2.24) is 0 Å². The van der Waals surface area contributed by atoms with Gasteiger partial charge in [0.15, 0.2) is 0 Å². The van der Waals surface area contributed by atoms with Crippen molar-refractivity contribution >= 4 is 38.1 Å². The van der Waals surface area contributed by atoms with Gasteiger partial charge in [0.1, 0.15) is 0 Å². The maximum atomic E-state index is 13.1. The van der Waals surface area contributed by atoms with E-state index in [9.17, 15) is 13.2 Å². The molecule has 0 aliphatic rings. The summed E-state index contributed by atoms with van der Waals surface area (Å²) in [7, 11) is -3.86. The summed E-state index contributed by atoms with van der Waals surface area (Å²) in [5, 5.41) is 4.94. The fourth-order valence-electron chi connectivity index (χ4n) is 3.52. The number of amides is 1. The van der Waals surface area contributed by atoms with E-state index in [1.54, 1.807) is 31.2 Å². The van der Waals surface area contributed by atoms with Gasteiger partial charge in [0, 0.05) is 16.9 Å². The SMILES string of the molecule is Cc1ccc(NS(=O)(=O)c2cc(C(=O)Nc3ccc4ccccc4c3)ccc2C)cc1C. The predicted molar refractivity (Wildman–Crippen MR) is 130 cm³/mol. The Morgan fingerprint density at radius 1 is 0.688 bits per heavy atom. The van der Waals surface area contributed by atoms with Gasteiger partial charge < -0.3 is 5.32 Å². The Kier molecular flexibility index (Phi) is 5.72. The number of hydrogen-bond donors (Lipinski definition) is 2. The minimum absolute atomic E-state index is 0.0712. The summed E-state index contributed by atoms with van der Waals surface area (Å²) in [6.45, 7) is 5.60. The fraction of sp³-hybridized carbons (Fsp3) is 0.115. The van der Waals surface area contributed by atoms with Crippen molar-refractivity contribution in [2.24, 2.45) is 0 Å². The minimum atomic E-state index is -3.86. The van der Waals surface area contributed by atoms with E-state index in [2.05, 4.69) is 10.0 Å². The first-order chi connectivity index (χ1) is 15.2. The van der Waals surface area contributed by atoms with Crippen molar-refractivity contribution in [1.29, 1.82) is 0 Å². The molecule has 0 saturated heterocycles. The van der Waals surface area contributed by atoms with Crippen LogP contribution in [0.25, 0.3) is 10.8 Å². The van der Waals surface area contributed by atoms with E-state index < -0.39 is 10.0 Å². The Bertz CT molecular complexity index is 1440. The lowest BCUT2D eigenvalue weighted by atomic mass is 10.1. The van der Waals surface area contributed by atoms with Gasteiger partial charge >= 0.3 is 0 Å². The molecule has 0 bridgehead atoms. The molecule has 0 atom stereocenters. The third-order valence-electron chi connectivity index (χ3n) is 5.51. The Labute approximate surface area is 188 Å². The lowest BCUT2D eigenvalue weighted by Gasteiger charge is -2.13. The molecule has 0 saturated carbocycles. The number of sulfonamides is 1. The van der Waals surface area contributed by atoms with Crippen LogP contribution in [0.3, 0.4) is 0 Å². The largest absolute Gasteiger partial charge is 0.322 e. The van der Waals surface area contributed by atoms with E-state index in [4.69, 9.17) is 0 Å². The molecule has 4 rings (SSSR count). The van der Waals surface area contributed by atoms with Gasteiger partial charge in [-0.3, -0.25) is 9.52 Å². The second kappa shape index (κ2) is 8.48. The first-order valence-corrected chi connectivity index (χ1v) is 11.7. The molecule has 0 heterocycles. The van der Waals surface area contributed by atoms with Gasteiger partial charge in [-0.25, -0.2) is 8.42 Å². The van der Waals surface area contributed by atoms with Crippen LogP contribution in [0.2, 0.25) is 0 Å². The molecule has 0 radical (unpaired) electrons. The molecule has 0 aromatic heterocycles. The van der Waals surface area contributed by atoms with Crippen molar-refractivity contribution < 1.29 is 13.2 Å². The average molecular weight is 445 g/mol. The van der Waals surface area contributed by atoms with Crippen LogP contribution >= 0.6 is 0 Å². The number of hydrogen-bond acceptors (Lipinski definition) is 3. The maximum Gasteiger partial charge on any atom is 0.262 e. The summed E-state index contributed by atoms with van der Waals surface area (Å²) < 4.78 is 28.7. The Morgan fingerprint density at radius 3 is 2.12 bits per heavy atom. The van der Waals surface area contributed by atoms with Crippen LogP contribution in [0, 0.1) is 20.8 Å². The van der Waals surface area contributed by atoms with E-state index >= 15 is 0 Å². The molecule has 0 spiro atoms. The summed E-state index contributed by atoms with van der Waals surface area (Å²) in [6, 6.07) is 23.6. The van der Waals surface area contributed by atoms with Crippen LogP contribution in [0.15, 0.2) is 83.8 Å². The third-order valence-corrected chi connectivity index (χ3v) is 7.03. The zero-order chi connectivity index (χ0) is 22.9. The molecule has 5 nitrogen and oxygen atoms in total. The van der Waals surface area contributed by atoms with Crippen LogP contribution in [-0.2, 0) is 10.0 Å².